The largest absolute Gasteiger partial charge is 0.383 e. The Morgan fingerprint density at radius 2 is 2.13 bits per heavy atom. The van der Waals surface area contributed by atoms with Crippen molar-refractivity contribution in [2.24, 2.45) is 17.8 Å². The quantitative estimate of drug-likeness (QED) is 0.645. The Bertz CT molecular complexity index is 632. The van der Waals surface area contributed by atoms with Crippen LogP contribution in [0.3, 0.4) is 0 Å². The number of hydrogen-bond donors (Lipinski definition) is 2. The normalized spacial score (nSPS) is 26.8. The molecule has 2 N–H and O–H groups in total. The van der Waals surface area contributed by atoms with Crippen LogP contribution in [0, 0.1) is 27.9 Å². The number of nitro groups is 1. The predicted octanol–water partition coefficient (Wildman–Crippen LogP) is 3.19. The van der Waals surface area contributed by atoms with E-state index in [2.05, 4.69) is 17.6 Å². The molecule has 1 amide bonds. The second-order valence-electron chi connectivity index (χ2n) is 6.84. The maximum absolute atomic E-state index is 12.4. The second kappa shape index (κ2) is 6.18. The van der Waals surface area contributed by atoms with Gasteiger partial charge in [-0.25, -0.2) is 0 Å². The molecule has 124 valence electrons. The van der Waals surface area contributed by atoms with E-state index in [1.165, 1.54) is 31.7 Å². The van der Waals surface area contributed by atoms with Gasteiger partial charge in [0.15, 0.2) is 0 Å². The number of hydrogen-bond acceptors (Lipinski definition) is 4. The summed E-state index contributed by atoms with van der Waals surface area (Å²) in [7, 11) is 1.62. The van der Waals surface area contributed by atoms with Crippen LogP contribution < -0.4 is 10.6 Å². The van der Waals surface area contributed by atoms with E-state index in [0.717, 1.165) is 11.8 Å². The zero-order valence-corrected chi connectivity index (χ0v) is 13.5. The molecule has 4 unspecified atom stereocenters. The molecule has 2 aliphatic rings. The molecule has 3 rings (SSSR count). The highest BCUT2D eigenvalue weighted by Gasteiger charge is 2.42. The first-order valence-electron chi connectivity index (χ1n) is 8.26. The molecule has 0 saturated heterocycles. The van der Waals surface area contributed by atoms with Crippen molar-refractivity contribution in [3.8, 4) is 0 Å². The van der Waals surface area contributed by atoms with Crippen molar-refractivity contribution >= 4 is 17.3 Å². The zero-order chi connectivity index (χ0) is 16.6. The number of carbonyl (C=O) groups is 1. The van der Waals surface area contributed by atoms with Gasteiger partial charge in [-0.05, 0) is 56.1 Å². The number of nitro benzene ring substituents is 1. The van der Waals surface area contributed by atoms with E-state index in [-0.39, 0.29) is 17.6 Å². The summed E-state index contributed by atoms with van der Waals surface area (Å²) in [5.41, 5.74) is 0.672. The van der Waals surface area contributed by atoms with Crippen molar-refractivity contribution < 1.29 is 9.72 Å². The molecule has 1 aromatic carbocycles. The van der Waals surface area contributed by atoms with Crippen LogP contribution in [0.5, 0.6) is 0 Å². The van der Waals surface area contributed by atoms with Gasteiger partial charge in [0.05, 0.1) is 4.92 Å². The number of anilines is 1. The van der Waals surface area contributed by atoms with Crippen molar-refractivity contribution in [1.82, 2.24) is 5.32 Å². The van der Waals surface area contributed by atoms with Gasteiger partial charge in [0.25, 0.3) is 11.6 Å². The molecule has 2 bridgehead atoms. The van der Waals surface area contributed by atoms with Gasteiger partial charge in [-0.15, -0.1) is 0 Å². The van der Waals surface area contributed by atoms with Crippen molar-refractivity contribution in [1.29, 1.82) is 0 Å². The van der Waals surface area contributed by atoms with Crippen LogP contribution >= 0.6 is 0 Å². The van der Waals surface area contributed by atoms with E-state index in [1.54, 1.807) is 19.2 Å². The SMILES string of the molecule is CNc1ccc(C(=O)NC(C)C2CC3CCC2C3)cc1[N+](=O)[O-]. The summed E-state index contributed by atoms with van der Waals surface area (Å²) in [4.78, 5) is 23.1. The number of fused-ring (bicyclic) bond motifs is 2. The Morgan fingerprint density at radius 1 is 1.35 bits per heavy atom. The fourth-order valence-corrected chi connectivity index (χ4v) is 4.34. The first-order chi connectivity index (χ1) is 11.0. The zero-order valence-electron chi connectivity index (χ0n) is 13.5. The van der Waals surface area contributed by atoms with Crippen LogP contribution in [-0.4, -0.2) is 23.9 Å². The topological polar surface area (TPSA) is 84.3 Å². The summed E-state index contributed by atoms with van der Waals surface area (Å²) in [5.74, 6) is 1.88. The molecule has 2 aliphatic carbocycles. The maximum Gasteiger partial charge on any atom is 0.293 e. The Morgan fingerprint density at radius 3 is 2.70 bits per heavy atom. The third-order valence-electron chi connectivity index (χ3n) is 5.52. The number of rotatable bonds is 5. The Hall–Kier alpha value is -2.11. The maximum atomic E-state index is 12.4. The van der Waals surface area contributed by atoms with Gasteiger partial charge in [-0.1, -0.05) is 6.42 Å². The molecule has 0 aromatic heterocycles. The highest BCUT2D eigenvalue weighted by Crippen LogP contribution is 2.49. The number of benzene rings is 1. The molecule has 1 aromatic rings. The summed E-state index contributed by atoms with van der Waals surface area (Å²) in [6.45, 7) is 2.06. The highest BCUT2D eigenvalue weighted by atomic mass is 16.6. The molecule has 2 fully saturated rings. The summed E-state index contributed by atoms with van der Waals surface area (Å²) in [5, 5.41) is 16.9. The predicted molar refractivity (Wildman–Crippen MR) is 88.5 cm³/mol. The van der Waals surface area contributed by atoms with E-state index >= 15 is 0 Å². The summed E-state index contributed by atoms with van der Waals surface area (Å²) >= 11 is 0. The Balaban J connectivity index is 1.70. The highest BCUT2D eigenvalue weighted by molar-refractivity contribution is 5.95. The molecule has 0 spiro atoms. The Kier molecular flexibility index (Phi) is 4.24. The monoisotopic (exact) mass is 317 g/mol. The van der Waals surface area contributed by atoms with Crippen LogP contribution in [0.25, 0.3) is 0 Å². The first-order valence-corrected chi connectivity index (χ1v) is 8.26. The van der Waals surface area contributed by atoms with Crippen molar-refractivity contribution in [3.63, 3.8) is 0 Å². The van der Waals surface area contributed by atoms with E-state index in [0.29, 0.717) is 17.2 Å². The van der Waals surface area contributed by atoms with Crippen LogP contribution in [0.15, 0.2) is 18.2 Å². The number of amides is 1. The van der Waals surface area contributed by atoms with E-state index in [1.807, 2.05) is 0 Å². The summed E-state index contributed by atoms with van der Waals surface area (Å²) in [6.07, 6.45) is 5.11. The molecule has 6 heteroatoms. The van der Waals surface area contributed by atoms with Crippen LogP contribution in [0.2, 0.25) is 0 Å². The average Bonchev–Trinajstić information content (AvgIpc) is 3.17. The number of carbonyl (C=O) groups excluding carboxylic acids is 1. The minimum absolute atomic E-state index is 0.0762. The van der Waals surface area contributed by atoms with Gasteiger partial charge in [-0.2, -0.15) is 0 Å². The summed E-state index contributed by atoms with van der Waals surface area (Å²) in [6, 6.07) is 4.66. The van der Waals surface area contributed by atoms with Gasteiger partial charge in [0, 0.05) is 24.7 Å². The molecule has 0 radical (unpaired) electrons. The molecule has 23 heavy (non-hydrogen) atoms. The van der Waals surface area contributed by atoms with E-state index < -0.39 is 4.92 Å². The molecule has 4 atom stereocenters. The van der Waals surface area contributed by atoms with Gasteiger partial charge in [-0.3, -0.25) is 14.9 Å². The van der Waals surface area contributed by atoms with Gasteiger partial charge in [0.2, 0.25) is 0 Å². The van der Waals surface area contributed by atoms with Crippen molar-refractivity contribution in [3.05, 3.63) is 33.9 Å². The lowest BCUT2D eigenvalue weighted by Gasteiger charge is -2.28. The number of nitrogens with zero attached hydrogens (tertiary/aromatic N) is 1. The van der Waals surface area contributed by atoms with Crippen molar-refractivity contribution in [2.45, 2.75) is 38.6 Å². The fourth-order valence-electron chi connectivity index (χ4n) is 4.34. The average molecular weight is 317 g/mol. The second-order valence-corrected chi connectivity index (χ2v) is 6.84. The lowest BCUT2D eigenvalue weighted by molar-refractivity contribution is -0.384. The molecule has 0 aliphatic heterocycles. The van der Waals surface area contributed by atoms with E-state index in [4.69, 9.17) is 0 Å². The lowest BCUT2D eigenvalue weighted by Crippen LogP contribution is -2.40. The first kappa shape index (κ1) is 15.8. The molecular formula is C17H23N3O3. The molecule has 0 heterocycles. The molecular weight excluding hydrogens is 294 g/mol. The lowest BCUT2D eigenvalue weighted by atomic mass is 9.84. The summed E-state index contributed by atoms with van der Waals surface area (Å²) < 4.78 is 0. The number of nitrogens with one attached hydrogen (secondary N) is 2. The van der Waals surface area contributed by atoms with Gasteiger partial charge in [0.1, 0.15) is 5.69 Å². The third kappa shape index (κ3) is 3.02. The van der Waals surface area contributed by atoms with Crippen LogP contribution in [0.1, 0.15) is 43.0 Å². The van der Waals surface area contributed by atoms with Gasteiger partial charge < -0.3 is 10.6 Å². The smallest absolute Gasteiger partial charge is 0.293 e. The minimum atomic E-state index is -0.470. The van der Waals surface area contributed by atoms with E-state index in [9.17, 15) is 14.9 Å². The third-order valence-corrected chi connectivity index (χ3v) is 5.52. The fraction of sp³-hybridized carbons (Fsp3) is 0.588. The minimum Gasteiger partial charge on any atom is -0.383 e. The molecule has 6 nitrogen and oxygen atoms in total. The van der Waals surface area contributed by atoms with Gasteiger partial charge >= 0.3 is 0 Å². The van der Waals surface area contributed by atoms with Crippen LogP contribution in [-0.2, 0) is 0 Å². The standard InChI is InChI=1S/C17H23N3O3/c1-10(14-8-11-3-4-12(14)7-11)19-17(21)13-5-6-15(18-2)16(9-13)20(22)23/h5-6,9-12,14,18H,3-4,7-8H2,1-2H3,(H,19,21). The molecule has 2 saturated carbocycles. The van der Waals surface area contributed by atoms with Crippen molar-refractivity contribution in [2.75, 3.05) is 12.4 Å². The Labute approximate surface area is 135 Å². The van der Waals surface area contributed by atoms with Crippen LogP contribution in [0.4, 0.5) is 11.4 Å².